The summed E-state index contributed by atoms with van der Waals surface area (Å²) in [7, 11) is 0. The third kappa shape index (κ3) is 13.5. The van der Waals surface area contributed by atoms with Crippen molar-refractivity contribution in [1.29, 1.82) is 0 Å². The van der Waals surface area contributed by atoms with E-state index in [-0.39, 0.29) is 5.97 Å². The summed E-state index contributed by atoms with van der Waals surface area (Å²) in [5.74, 6) is 0.572. The molecule has 0 aliphatic heterocycles. The molecule has 0 bridgehead atoms. The van der Waals surface area contributed by atoms with Gasteiger partial charge in [0.05, 0.1) is 18.8 Å². The van der Waals surface area contributed by atoms with Gasteiger partial charge in [0.2, 0.25) is 0 Å². The molecule has 1 aromatic rings. The van der Waals surface area contributed by atoms with E-state index >= 15 is 0 Å². The Kier molecular flexibility index (Phi) is 15.5. The van der Waals surface area contributed by atoms with E-state index in [0.29, 0.717) is 30.9 Å². The molecule has 0 saturated heterocycles. The highest BCUT2D eigenvalue weighted by Gasteiger charge is 2.04. The fraction of sp³-hybridized carbons (Fsp3) is 0.667. The minimum absolute atomic E-state index is 0.0593. The first kappa shape index (κ1) is 25.7. The SMILES string of the molecule is CCCCCCCCCOC(=O)CCCCCCCOc1ccc(Br)cc1C=O. The number of benzene rings is 1. The number of aldehydes is 1. The van der Waals surface area contributed by atoms with Gasteiger partial charge in [-0.1, -0.05) is 80.6 Å². The van der Waals surface area contributed by atoms with Crippen LogP contribution < -0.4 is 4.74 Å². The Morgan fingerprint density at radius 2 is 1.52 bits per heavy atom. The number of halogens is 1. The molecule has 29 heavy (non-hydrogen) atoms. The van der Waals surface area contributed by atoms with Gasteiger partial charge in [0.15, 0.2) is 6.29 Å². The molecule has 0 fully saturated rings. The van der Waals surface area contributed by atoms with Crippen LogP contribution >= 0.6 is 15.9 Å². The van der Waals surface area contributed by atoms with Gasteiger partial charge in [0, 0.05) is 10.9 Å². The van der Waals surface area contributed by atoms with Crippen molar-refractivity contribution >= 4 is 28.2 Å². The van der Waals surface area contributed by atoms with E-state index in [1.54, 1.807) is 6.07 Å². The summed E-state index contributed by atoms with van der Waals surface area (Å²) in [6.45, 7) is 3.40. The summed E-state index contributed by atoms with van der Waals surface area (Å²) in [5, 5.41) is 0. The molecule has 0 spiro atoms. The maximum Gasteiger partial charge on any atom is 0.305 e. The Labute approximate surface area is 184 Å². The number of carbonyl (C=O) groups excluding carboxylic acids is 2. The van der Waals surface area contributed by atoms with E-state index in [0.717, 1.165) is 55.7 Å². The lowest BCUT2D eigenvalue weighted by atomic mass is 10.1. The third-order valence-corrected chi connectivity index (χ3v) is 5.39. The van der Waals surface area contributed by atoms with Gasteiger partial charge < -0.3 is 9.47 Å². The maximum absolute atomic E-state index is 11.7. The summed E-state index contributed by atoms with van der Waals surface area (Å²) in [6, 6.07) is 5.44. The second-order valence-corrected chi connectivity index (χ2v) is 8.42. The first-order valence-corrected chi connectivity index (χ1v) is 12.0. The van der Waals surface area contributed by atoms with Crippen molar-refractivity contribution in [2.75, 3.05) is 13.2 Å². The minimum atomic E-state index is -0.0593. The lowest BCUT2D eigenvalue weighted by Crippen LogP contribution is -2.05. The van der Waals surface area contributed by atoms with Crippen LogP contribution in [-0.2, 0) is 9.53 Å². The molecular weight excluding hydrogens is 432 g/mol. The average Bonchev–Trinajstić information content (AvgIpc) is 2.72. The largest absolute Gasteiger partial charge is 0.493 e. The van der Waals surface area contributed by atoms with Crippen molar-refractivity contribution in [2.24, 2.45) is 0 Å². The van der Waals surface area contributed by atoms with Gasteiger partial charge >= 0.3 is 5.97 Å². The normalized spacial score (nSPS) is 10.7. The molecule has 0 radical (unpaired) electrons. The van der Waals surface area contributed by atoms with Gasteiger partial charge in [-0.15, -0.1) is 0 Å². The topological polar surface area (TPSA) is 52.6 Å². The van der Waals surface area contributed by atoms with Crippen LogP contribution in [0.15, 0.2) is 22.7 Å². The first-order chi connectivity index (χ1) is 14.2. The molecule has 164 valence electrons. The molecule has 0 aromatic heterocycles. The van der Waals surface area contributed by atoms with Gasteiger partial charge in [-0.3, -0.25) is 9.59 Å². The highest BCUT2D eigenvalue weighted by Crippen LogP contribution is 2.22. The van der Waals surface area contributed by atoms with Crippen LogP contribution in [-0.4, -0.2) is 25.5 Å². The zero-order valence-electron chi connectivity index (χ0n) is 17.9. The van der Waals surface area contributed by atoms with Crippen molar-refractivity contribution in [3.63, 3.8) is 0 Å². The van der Waals surface area contributed by atoms with Crippen LogP contribution in [0, 0.1) is 0 Å². The van der Waals surface area contributed by atoms with Crippen LogP contribution in [0.2, 0.25) is 0 Å². The van der Waals surface area contributed by atoms with E-state index in [4.69, 9.17) is 9.47 Å². The summed E-state index contributed by atoms with van der Waals surface area (Å²) >= 11 is 3.35. The highest BCUT2D eigenvalue weighted by molar-refractivity contribution is 9.10. The van der Waals surface area contributed by atoms with Crippen LogP contribution in [0.5, 0.6) is 5.75 Å². The Hall–Kier alpha value is -1.36. The van der Waals surface area contributed by atoms with Gasteiger partial charge in [0.1, 0.15) is 5.75 Å². The zero-order valence-corrected chi connectivity index (χ0v) is 19.5. The molecule has 0 unspecified atom stereocenters. The standard InChI is InChI=1S/C24H37BrO4/c1-2-3-4-5-6-9-13-18-29-24(27)14-11-8-7-10-12-17-28-23-16-15-22(25)19-21(23)20-26/h15-16,19-20H,2-14,17-18H2,1H3. The number of hydrogen-bond donors (Lipinski definition) is 0. The van der Waals surface area contributed by atoms with Crippen LogP contribution in [0.3, 0.4) is 0 Å². The van der Waals surface area contributed by atoms with E-state index < -0.39 is 0 Å². The Morgan fingerprint density at radius 1 is 0.897 bits per heavy atom. The summed E-state index contributed by atoms with van der Waals surface area (Å²) < 4.78 is 11.9. The predicted octanol–water partition coefficient (Wildman–Crippen LogP) is 7.27. The molecule has 0 saturated carbocycles. The van der Waals surface area contributed by atoms with Gasteiger partial charge in [-0.2, -0.15) is 0 Å². The van der Waals surface area contributed by atoms with Crippen molar-refractivity contribution in [3.8, 4) is 5.75 Å². The van der Waals surface area contributed by atoms with Gasteiger partial charge in [0.25, 0.3) is 0 Å². The summed E-state index contributed by atoms with van der Waals surface area (Å²) in [6.07, 6.45) is 15.0. The molecule has 4 nitrogen and oxygen atoms in total. The van der Waals surface area contributed by atoms with E-state index in [1.807, 2.05) is 12.1 Å². The Balaban J connectivity index is 1.91. The van der Waals surface area contributed by atoms with Crippen LogP contribution in [0.25, 0.3) is 0 Å². The monoisotopic (exact) mass is 468 g/mol. The molecule has 5 heteroatoms. The van der Waals surface area contributed by atoms with E-state index in [2.05, 4.69) is 22.9 Å². The van der Waals surface area contributed by atoms with E-state index in [1.165, 1.54) is 32.1 Å². The Bertz CT molecular complexity index is 574. The number of rotatable bonds is 18. The predicted molar refractivity (Wildman–Crippen MR) is 122 cm³/mol. The van der Waals surface area contributed by atoms with Crippen molar-refractivity contribution in [3.05, 3.63) is 28.2 Å². The number of ether oxygens (including phenoxy) is 2. The van der Waals surface area contributed by atoms with E-state index in [9.17, 15) is 9.59 Å². The summed E-state index contributed by atoms with van der Waals surface area (Å²) in [4.78, 5) is 22.8. The lowest BCUT2D eigenvalue weighted by molar-refractivity contribution is -0.143. The fourth-order valence-electron chi connectivity index (χ4n) is 3.14. The molecule has 0 amide bonds. The molecule has 0 atom stereocenters. The molecule has 0 N–H and O–H groups in total. The molecule has 1 rings (SSSR count). The number of unbranched alkanes of at least 4 members (excludes halogenated alkanes) is 10. The molecule has 0 heterocycles. The van der Waals surface area contributed by atoms with Crippen molar-refractivity contribution < 1.29 is 19.1 Å². The number of esters is 1. The first-order valence-electron chi connectivity index (χ1n) is 11.2. The second kappa shape index (κ2) is 17.5. The third-order valence-electron chi connectivity index (χ3n) is 4.89. The van der Waals surface area contributed by atoms with Crippen LogP contribution in [0.4, 0.5) is 0 Å². The van der Waals surface area contributed by atoms with Crippen molar-refractivity contribution in [2.45, 2.75) is 90.4 Å². The smallest absolute Gasteiger partial charge is 0.305 e. The van der Waals surface area contributed by atoms with Crippen LogP contribution in [0.1, 0.15) is 101 Å². The zero-order chi connectivity index (χ0) is 21.2. The number of hydrogen-bond acceptors (Lipinski definition) is 4. The molecule has 0 aliphatic rings. The molecule has 0 aliphatic carbocycles. The molecule has 1 aromatic carbocycles. The minimum Gasteiger partial charge on any atom is -0.493 e. The van der Waals surface area contributed by atoms with Gasteiger partial charge in [-0.05, 0) is 37.5 Å². The average molecular weight is 469 g/mol. The quantitative estimate of drug-likeness (QED) is 0.129. The van der Waals surface area contributed by atoms with Gasteiger partial charge in [-0.25, -0.2) is 0 Å². The second-order valence-electron chi connectivity index (χ2n) is 7.51. The highest BCUT2D eigenvalue weighted by atomic mass is 79.9. The fourth-order valence-corrected chi connectivity index (χ4v) is 3.52. The molecular formula is C24H37BrO4. The lowest BCUT2D eigenvalue weighted by Gasteiger charge is -2.08. The maximum atomic E-state index is 11.7. The summed E-state index contributed by atoms with van der Waals surface area (Å²) in [5.41, 5.74) is 0.564. The Morgan fingerprint density at radius 3 is 2.21 bits per heavy atom. The number of carbonyl (C=O) groups is 2. The van der Waals surface area contributed by atoms with Crippen molar-refractivity contribution in [1.82, 2.24) is 0 Å².